The van der Waals surface area contributed by atoms with Crippen LogP contribution < -0.4 is 15.4 Å². The first-order chi connectivity index (χ1) is 14.0. The van der Waals surface area contributed by atoms with Crippen LogP contribution in [0.2, 0.25) is 0 Å². The van der Waals surface area contributed by atoms with Crippen molar-refractivity contribution in [1.29, 1.82) is 0 Å². The fourth-order valence-electron chi connectivity index (χ4n) is 4.35. The van der Waals surface area contributed by atoms with Gasteiger partial charge in [0.25, 0.3) is 5.56 Å². The summed E-state index contributed by atoms with van der Waals surface area (Å²) in [7, 11) is 0. The third kappa shape index (κ3) is 4.41. The Balaban J connectivity index is 1.38. The Bertz CT molecular complexity index is 1020. The van der Waals surface area contributed by atoms with Crippen LogP contribution in [0.4, 0.5) is 0 Å². The highest BCUT2D eigenvalue weighted by atomic mass is 16.1. The number of benzene rings is 2. The number of nitrogens with one attached hydrogen (secondary N) is 3. The minimum Gasteiger partial charge on any atom is -0.322 e. The molecule has 1 saturated heterocycles. The Morgan fingerprint density at radius 2 is 1.66 bits per heavy atom. The van der Waals surface area contributed by atoms with Crippen LogP contribution in [0.1, 0.15) is 49.7 Å². The van der Waals surface area contributed by atoms with E-state index in [0.717, 1.165) is 44.1 Å². The quantitative estimate of drug-likeness (QED) is 0.609. The lowest BCUT2D eigenvalue weighted by atomic mass is 10.0. The maximum absolute atomic E-state index is 12.4. The molecule has 0 spiro atoms. The van der Waals surface area contributed by atoms with Gasteiger partial charge < -0.3 is 14.8 Å². The Morgan fingerprint density at radius 3 is 2.34 bits per heavy atom. The molecule has 1 aliphatic rings. The van der Waals surface area contributed by atoms with E-state index in [1.807, 2.05) is 24.3 Å². The molecule has 1 aliphatic heterocycles. The number of nitrogens with zero attached hydrogens (tertiary/aromatic N) is 1. The zero-order valence-corrected chi connectivity index (χ0v) is 17.7. The normalized spacial score (nSPS) is 20.8. The summed E-state index contributed by atoms with van der Waals surface area (Å²) in [6.07, 6.45) is 0. The molecular weight excluding hydrogens is 360 g/mol. The summed E-state index contributed by atoms with van der Waals surface area (Å²) in [4.78, 5) is 23.3. The van der Waals surface area contributed by atoms with Gasteiger partial charge in [-0.15, -0.1) is 0 Å². The zero-order chi connectivity index (χ0) is 20.4. The molecule has 0 bridgehead atoms. The average molecular weight is 393 g/mol. The van der Waals surface area contributed by atoms with E-state index in [1.54, 1.807) is 4.90 Å². The average Bonchev–Trinajstić information content (AvgIpc) is 2.74. The lowest BCUT2D eigenvalue weighted by Gasteiger charge is -2.32. The van der Waals surface area contributed by atoms with Crippen LogP contribution in [0, 0.1) is 0 Å². The number of para-hydroxylation sites is 1. The van der Waals surface area contributed by atoms with Gasteiger partial charge in [0.15, 0.2) is 5.82 Å². The van der Waals surface area contributed by atoms with Crippen LogP contribution in [0.5, 0.6) is 0 Å². The van der Waals surface area contributed by atoms with Crippen molar-refractivity contribution < 1.29 is 9.80 Å². The first kappa shape index (κ1) is 19.8. The molecule has 0 aliphatic carbocycles. The van der Waals surface area contributed by atoms with Gasteiger partial charge in [-0.05, 0) is 30.5 Å². The number of aromatic amines is 1. The maximum atomic E-state index is 12.4. The van der Waals surface area contributed by atoms with E-state index in [0.29, 0.717) is 11.3 Å². The van der Waals surface area contributed by atoms with Crippen LogP contribution in [0.3, 0.4) is 0 Å². The monoisotopic (exact) mass is 392 g/mol. The second-order valence-electron chi connectivity index (χ2n) is 8.67. The fraction of sp³-hybridized carbons (Fsp3) is 0.417. The molecule has 29 heavy (non-hydrogen) atoms. The molecule has 3 N–H and O–H groups in total. The number of hydrogen-bond acceptors (Lipinski definition) is 2. The molecule has 1 aromatic heterocycles. The van der Waals surface area contributed by atoms with E-state index >= 15 is 0 Å². The van der Waals surface area contributed by atoms with Crippen molar-refractivity contribution in [2.24, 2.45) is 0 Å². The third-order valence-electron chi connectivity index (χ3n) is 6.35. The van der Waals surface area contributed by atoms with Crippen molar-refractivity contribution in [3.63, 3.8) is 0 Å². The van der Waals surface area contributed by atoms with Gasteiger partial charge in [-0.25, -0.2) is 4.98 Å². The lowest BCUT2D eigenvalue weighted by Crippen LogP contribution is -3.27. The Kier molecular flexibility index (Phi) is 5.79. The van der Waals surface area contributed by atoms with Crippen molar-refractivity contribution >= 4 is 10.9 Å². The van der Waals surface area contributed by atoms with Gasteiger partial charge >= 0.3 is 0 Å². The van der Waals surface area contributed by atoms with Gasteiger partial charge in [-0.1, -0.05) is 50.2 Å². The molecule has 1 fully saturated rings. The van der Waals surface area contributed by atoms with E-state index in [9.17, 15) is 4.79 Å². The summed E-state index contributed by atoms with van der Waals surface area (Å²) in [6, 6.07) is 16.9. The minimum absolute atomic E-state index is 0.0362. The largest absolute Gasteiger partial charge is 0.322 e. The molecule has 1 atom stereocenters. The van der Waals surface area contributed by atoms with Gasteiger partial charge in [0.2, 0.25) is 0 Å². The Morgan fingerprint density at radius 1 is 0.966 bits per heavy atom. The molecule has 0 unspecified atom stereocenters. The second kappa shape index (κ2) is 8.47. The molecule has 152 valence electrons. The summed E-state index contributed by atoms with van der Waals surface area (Å²) in [5, 5.41) is 0.663. The van der Waals surface area contributed by atoms with E-state index in [1.165, 1.54) is 16.0 Å². The van der Waals surface area contributed by atoms with Gasteiger partial charge in [0.1, 0.15) is 38.8 Å². The van der Waals surface area contributed by atoms with Crippen LogP contribution >= 0.6 is 0 Å². The molecule has 2 aromatic carbocycles. The molecule has 4 rings (SSSR count). The van der Waals surface area contributed by atoms with Crippen LogP contribution in [-0.4, -0.2) is 36.1 Å². The van der Waals surface area contributed by atoms with Crippen molar-refractivity contribution in [3.8, 4) is 0 Å². The molecule has 0 amide bonds. The highest BCUT2D eigenvalue weighted by molar-refractivity contribution is 5.77. The molecular formula is C24H32N4O+2. The molecule has 5 heteroatoms. The maximum Gasteiger partial charge on any atom is 0.258 e. The van der Waals surface area contributed by atoms with E-state index in [-0.39, 0.29) is 11.6 Å². The van der Waals surface area contributed by atoms with Gasteiger partial charge in [-0.2, -0.15) is 0 Å². The van der Waals surface area contributed by atoms with Crippen LogP contribution in [0.25, 0.3) is 10.9 Å². The van der Waals surface area contributed by atoms with Crippen molar-refractivity contribution in [2.45, 2.75) is 39.3 Å². The summed E-state index contributed by atoms with van der Waals surface area (Å²) in [5.74, 6) is 1.39. The highest BCUT2D eigenvalue weighted by Crippen LogP contribution is 2.14. The molecule has 3 aromatic rings. The SMILES string of the molecule is CC(C)c1ccc(C[NH+]2CC[NH+]([C@@H](C)c3nc4ccccc4c(=O)[nH]3)CC2)cc1. The third-order valence-corrected chi connectivity index (χ3v) is 6.35. The van der Waals surface area contributed by atoms with E-state index in [4.69, 9.17) is 4.98 Å². The highest BCUT2D eigenvalue weighted by Gasteiger charge is 2.29. The Labute approximate surface area is 172 Å². The van der Waals surface area contributed by atoms with Gasteiger partial charge in [-0.3, -0.25) is 4.79 Å². The predicted octanol–water partition coefficient (Wildman–Crippen LogP) is 1.09. The molecule has 0 radical (unpaired) electrons. The predicted molar refractivity (Wildman–Crippen MR) is 116 cm³/mol. The first-order valence-corrected chi connectivity index (χ1v) is 10.8. The number of fused-ring (bicyclic) bond motifs is 1. The van der Waals surface area contributed by atoms with E-state index in [2.05, 4.69) is 50.0 Å². The number of hydrogen-bond donors (Lipinski definition) is 3. The van der Waals surface area contributed by atoms with Gasteiger partial charge in [0, 0.05) is 5.56 Å². The summed E-state index contributed by atoms with van der Waals surface area (Å²) in [6.45, 7) is 12.2. The zero-order valence-electron chi connectivity index (χ0n) is 17.7. The lowest BCUT2D eigenvalue weighted by molar-refractivity contribution is -1.03. The van der Waals surface area contributed by atoms with Crippen LogP contribution in [-0.2, 0) is 6.54 Å². The van der Waals surface area contributed by atoms with E-state index < -0.39 is 0 Å². The van der Waals surface area contributed by atoms with Crippen LogP contribution in [0.15, 0.2) is 53.3 Å². The smallest absolute Gasteiger partial charge is 0.258 e. The topological polar surface area (TPSA) is 54.6 Å². The first-order valence-electron chi connectivity index (χ1n) is 10.8. The molecule has 5 nitrogen and oxygen atoms in total. The van der Waals surface area contributed by atoms with Crippen molar-refractivity contribution in [2.75, 3.05) is 26.2 Å². The second-order valence-corrected chi connectivity index (χ2v) is 8.67. The van der Waals surface area contributed by atoms with Gasteiger partial charge in [0.05, 0.1) is 10.9 Å². The Hall–Kier alpha value is -2.50. The molecule has 2 heterocycles. The molecule has 0 saturated carbocycles. The van der Waals surface area contributed by atoms with Crippen molar-refractivity contribution in [3.05, 3.63) is 75.8 Å². The standard InChI is InChI=1S/C24H30N4O/c1-17(2)20-10-8-19(9-11-20)16-27-12-14-28(15-13-27)18(3)23-25-22-7-5-4-6-21(22)24(29)26-23/h4-11,17-18H,12-16H2,1-3H3,(H,25,26,29)/p+2/t18-/m0/s1. The number of rotatable bonds is 5. The number of H-pyrrole nitrogens is 1. The number of piperazine rings is 1. The summed E-state index contributed by atoms with van der Waals surface area (Å²) >= 11 is 0. The summed E-state index contributed by atoms with van der Waals surface area (Å²) in [5.41, 5.74) is 3.57. The minimum atomic E-state index is -0.0362. The van der Waals surface area contributed by atoms with Crippen molar-refractivity contribution in [1.82, 2.24) is 9.97 Å². The number of aromatic nitrogens is 2. The number of quaternary nitrogens is 2. The fourth-order valence-corrected chi connectivity index (χ4v) is 4.35. The summed E-state index contributed by atoms with van der Waals surface area (Å²) < 4.78 is 0.